The third-order valence-corrected chi connectivity index (χ3v) is 3.54. The molecular weight excluding hydrogens is 325 g/mol. The van der Waals surface area contributed by atoms with E-state index in [1.165, 1.54) is 7.05 Å². The molecule has 1 unspecified atom stereocenters. The molecule has 1 aromatic carbocycles. The molecular formula is C16H19F3N2O3. The van der Waals surface area contributed by atoms with E-state index in [0.717, 1.165) is 10.3 Å². The molecule has 0 saturated carbocycles. The zero-order valence-electron chi connectivity index (χ0n) is 13.6. The molecule has 132 valence electrons. The molecule has 1 heterocycles. The third-order valence-electron chi connectivity index (χ3n) is 3.54. The van der Waals surface area contributed by atoms with Crippen molar-refractivity contribution in [2.45, 2.75) is 18.8 Å². The van der Waals surface area contributed by atoms with E-state index in [0.29, 0.717) is 17.7 Å². The van der Waals surface area contributed by atoms with Crippen LogP contribution in [-0.2, 0) is 6.54 Å². The smallest absolute Gasteiger partial charge is 0.416 e. The predicted molar refractivity (Wildman–Crippen MR) is 82.6 cm³/mol. The van der Waals surface area contributed by atoms with Crippen molar-refractivity contribution in [2.75, 3.05) is 27.7 Å². The van der Waals surface area contributed by atoms with Crippen LogP contribution in [0.4, 0.5) is 13.2 Å². The monoisotopic (exact) mass is 344 g/mol. The molecule has 1 aromatic heterocycles. The number of hydrogen-bond acceptors (Lipinski definition) is 4. The maximum atomic E-state index is 12.5. The first-order valence-electron chi connectivity index (χ1n) is 7.26. The summed E-state index contributed by atoms with van der Waals surface area (Å²) in [5.74, 6) is -0.715. The van der Waals surface area contributed by atoms with Crippen LogP contribution < -0.4 is 0 Å². The average molecular weight is 344 g/mol. The van der Waals surface area contributed by atoms with Crippen LogP contribution >= 0.6 is 0 Å². The summed E-state index contributed by atoms with van der Waals surface area (Å²) in [6.07, 6.45) is -7.39. The van der Waals surface area contributed by atoms with E-state index in [-0.39, 0.29) is 5.76 Å². The Morgan fingerprint density at radius 3 is 2.46 bits per heavy atom. The van der Waals surface area contributed by atoms with Crippen molar-refractivity contribution < 1.29 is 27.5 Å². The van der Waals surface area contributed by atoms with Gasteiger partial charge in [-0.3, -0.25) is 4.79 Å². The molecule has 1 atom stereocenters. The van der Waals surface area contributed by atoms with Gasteiger partial charge in [-0.2, -0.15) is 13.2 Å². The van der Waals surface area contributed by atoms with E-state index >= 15 is 0 Å². The first-order valence-corrected chi connectivity index (χ1v) is 7.26. The fourth-order valence-electron chi connectivity index (χ4n) is 2.36. The van der Waals surface area contributed by atoms with Crippen LogP contribution in [0.5, 0.6) is 0 Å². The summed E-state index contributed by atoms with van der Waals surface area (Å²) in [5.41, 5.74) is 1.09. The summed E-state index contributed by atoms with van der Waals surface area (Å²) in [4.78, 5) is 15.2. The van der Waals surface area contributed by atoms with Crippen LogP contribution in [0.3, 0.4) is 0 Å². The Morgan fingerprint density at radius 2 is 1.88 bits per heavy atom. The van der Waals surface area contributed by atoms with Gasteiger partial charge in [-0.25, -0.2) is 0 Å². The maximum absolute atomic E-state index is 12.5. The fourth-order valence-corrected chi connectivity index (χ4v) is 2.36. The van der Waals surface area contributed by atoms with Crippen LogP contribution in [0.15, 0.2) is 28.7 Å². The Hall–Kier alpha value is -2.06. The van der Waals surface area contributed by atoms with Crippen LogP contribution in [0.2, 0.25) is 0 Å². The highest BCUT2D eigenvalue weighted by Crippen LogP contribution is 2.28. The highest BCUT2D eigenvalue weighted by Gasteiger charge is 2.40. The predicted octanol–water partition coefficient (Wildman–Crippen LogP) is 2.49. The molecule has 5 nitrogen and oxygen atoms in total. The molecule has 0 aliphatic heterocycles. The van der Waals surface area contributed by atoms with Gasteiger partial charge in [0, 0.05) is 24.5 Å². The summed E-state index contributed by atoms with van der Waals surface area (Å²) in [6.45, 7) is -0.464. The Balaban J connectivity index is 2.34. The van der Waals surface area contributed by atoms with Gasteiger partial charge in [0.15, 0.2) is 11.9 Å². The number of amides is 1. The number of rotatable bonds is 5. The standard InChI is InChI=1S/C16H19F3N2O3/c1-20(2)8-11-10-6-4-5-7-12(10)24-14(11)15(23)21(3)9-13(22)16(17,18)19/h4-7,13,22H,8-9H2,1-3H3. The lowest BCUT2D eigenvalue weighted by atomic mass is 10.1. The van der Waals surface area contributed by atoms with E-state index in [9.17, 15) is 18.0 Å². The Labute approximate surface area is 137 Å². The number of carbonyl (C=O) groups is 1. The summed E-state index contributed by atoms with van der Waals surface area (Å²) in [5, 5.41) is 9.88. The molecule has 1 N–H and O–H groups in total. The number of carbonyl (C=O) groups excluding carboxylic acids is 1. The number of para-hydroxylation sites is 1. The van der Waals surface area contributed by atoms with Crippen LogP contribution in [0, 0.1) is 0 Å². The number of aliphatic hydroxyl groups is 1. The molecule has 0 aliphatic carbocycles. The lowest BCUT2D eigenvalue weighted by molar-refractivity contribution is -0.205. The highest BCUT2D eigenvalue weighted by molar-refractivity contribution is 5.99. The van der Waals surface area contributed by atoms with Gasteiger partial charge in [-0.15, -0.1) is 0 Å². The number of benzene rings is 1. The molecule has 0 radical (unpaired) electrons. The largest absolute Gasteiger partial charge is 0.451 e. The number of hydrogen-bond donors (Lipinski definition) is 1. The van der Waals surface area contributed by atoms with Crippen molar-refractivity contribution in [3.05, 3.63) is 35.6 Å². The molecule has 1 amide bonds. The Bertz CT molecular complexity index is 725. The van der Waals surface area contributed by atoms with Gasteiger partial charge in [0.05, 0.1) is 6.54 Å². The van der Waals surface area contributed by atoms with Crippen molar-refractivity contribution in [3.8, 4) is 0 Å². The normalized spacial score (nSPS) is 13.5. The summed E-state index contributed by atoms with van der Waals surface area (Å²) >= 11 is 0. The number of nitrogens with zero attached hydrogens (tertiary/aromatic N) is 2. The van der Waals surface area contributed by atoms with Crippen LogP contribution in [0.1, 0.15) is 16.1 Å². The summed E-state index contributed by atoms with van der Waals surface area (Å²) in [7, 11) is 4.82. The van der Waals surface area contributed by atoms with E-state index in [2.05, 4.69) is 0 Å². The van der Waals surface area contributed by atoms with Crippen LogP contribution in [0.25, 0.3) is 11.0 Å². The summed E-state index contributed by atoms with van der Waals surface area (Å²) in [6, 6.07) is 7.02. The van der Waals surface area contributed by atoms with Gasteiger partial charge in [0.25, 0.3) is 5.91 Å². The van der Waals surface area contributed by atoms with Gasteiger partial charge in [0.1, 0.15) is 5.58 Å². The number of furan rings is 1. The van der Waals surface area contributed by atoms with Gasteiger partial charge in [-0.1, -0.05) is 18.2 Å². The minimum Gasteiger partial charge on any atom is -0.451 e. The lowest BCUT2D eigenvalue weighted by Crippen LogP contribution is -2.42. The molecule has 0 bridgehead atoms. The van der Waals surface area contributed by atoms with Crippen molar-refractivity contribution >= 4 is 16.9 Å². The lowest BCUT2D eigenvalue weighted by Gasteiger charge is -2.22. The fraction of sp³-hybridized carbons (Fsp3) is 0.438. The molecule has 0 spiro atoms. The maximum Gasteiger partial charge on any atom is 0.416 e. The van der Waals surface area contributed by atoms with Gasteiger partial charge < -0.3 is 19.3 Å². The third kappa shape index (κ3) is 3.88. The highest BCUT2D eigenvalue weighted by atomic mass is 19.4. The first kappa shape index (κ1) is 18.3. The van der Waals surface area contributed by atoms with E-state index < -0.39 is 24.7 Å². The van der Waals surface area contributed by atoms with Gasteiger partial charge in [0.2, 0.25) is 0 Å². The van der Waals surface area contributed by atoms with Crippen molar-refractivity contribution in [3.63, 3.8) is 0 Å². The molecule has 0 saturated heterocycles. The second-order valence-electron chi connectivity index (χ2n) is 5.89. The van der Waals surface area contributed by atoms with Crippen molar-refractivity contribution in [2.24, 2.45) is 0 Å². The Morgan fingerprint density at radius 1 is 1.25 bits per heavy atom. The molecule has 8 heteroatoms. The molecule has 0 fully saturated rings. The number of likely N-dealkylation sites (N-methyl/N-ethyl adjacent to an activating group) is 1. The Kier molecular flexibility index (Phi) is 5.19. The number of fused-ring (bicyclic) bond motifs is 1. The minimum atomic E-state index is -4.78. The molecule has 24 heavy (non-hydrogen) atoms. The van der Waals surface area contributed by atoms with Gasteiger partial charge >= 0.3 is 6.18 Å². The minimum absolute atomic E-state index is 0.0122. The average Bonchev–Trinajstić information content (AvgIpc) is 2.83. The van der Waals surface area contributed by atoms with Crippen LogP contribution in [-0.4, -0.2) is 60.8 Å². The number of alkyl halides is 3. The van der Waals surface area contributed by atoms with Gasteiger partial charge in [-0.05, 0) is 20.2 Å². The zero-order chi connectivity index (χ0) is 18.1. The molecule has 0 aliphatic rings. The second kappa shape index (κ2) is 6.82. The SMILES string of the molecule is CN(C)Cc1c(C(=O)N(C)CC(O)C(F)(F)F)oc2ccccc12. The molecule has 2 rings (SSSR count). The second-order valence-corrected chi connectivity index (χ2v) is 5.89. The number of halogens is 3. The zero-order valence-corrected chi connectivity index (χ0v) is 13.6. The molecule has 2 aromatic rings. The first-order chi connectivity index (χ1) is 11.1. The summed E-state index contributed by atoms with van der Waals surface area (Å²) < 4.78 is 43.0. The van der Waals surface area contributed by atoms with E-state index in [1.54, 1.807) is 24.3 Å². The van der Waals surface area contributed by atoms with Crippen molar-refractivity contribution in [1.29, 1.82) is 0 Å². The topological polar surface area (TPSA) is 56.9 Å². The van der Waals surface area contributed by atoms with E-state index in [1.807, 2.05) is 19.0 Å². The van der Waals surface area contributed by atoms with Crippen molar-refractivity contribution in [1.82, 2.24) is 9.80 Å². The quantitative estimate of drug-likeness (QED) is 0.905. The van der Waals surface area contributed by atoms with E-state index in [4.69, 9.17) is 9.52 Å². The number of aliphatic hydroxyl groups excluding tert-OH is 1.